The van der Waals surface area contributed by atoms with E-state index in [2.05, 4.69) is 6.07 Å². The van der Waals surface area contributed by atoms with Crippen molar-refractivity contribution in [3.63, 3.8) is 0 Å². The lowest BCUT2D eigenvalue weighted by molar-refractivity contribution is -0.116. The summed E-state index contributed by atoms with van der Waals surface area (Å²) >= 11 is 6.53. The molecule has 1 heterocycles. The van der Waals surface area contributed by atoms with Gasteiger partial charge in [0.15, 0.2) is 17.3 Å². The Kier molecular flexibility index (Phi) is 6.06. The third kappa shape index (κ3) is 4.02. The largest absolute Gasteiger partial charge is 0.493 e. The molecule has 4 rings (SSSR count). The van der Waals surface area contributed by atoms with Crippen LogP contribution in [0.4, 0.5) is 4.39 Å². The number of nitrogens with two attached hydrogens (primary N) is 1. The van der Waals surface area contributed by atoms with Gasteiger partial charge in [-0.2, -0.15) is 5.26 Å². The van der Waals surface area contributed by atoms with Gasteiger partial charge in [-0.3, -0.25) is 4.79 Å². The van der Waals surface area contributed by atoms with Gasteiger partial charge in [0.2, 0.25) is 5.88 Å². The molecule has 0 saturated heterocycles. The van der Waals surface area contributed by atoms with Crippen LogP contribution in [0.15, 0.2) is 59.2 Å². The molecule has 2 aliphatic rings. The highest BCUT2D eigenvalue weighted by Gasteiger charge is 2.38. The number of hydrogen-bond donors (Lipinski definition) is 1. The van der Waals surface area contributed by atoms with Gasteiger partial charge in [0.25, 0.3) is 0 Å². The molecule has 1 aliphatic carbocycles. The average Bonchev–Trinajstić information content (AvgIpc) is 2.77. The van der Waals surface area contributed by atoms with Crippen molar-refractivity contribution in [1.29, 1.82) is 5.26 Å². The first-order valence-corrected chi connectivity index (χ1v) is 10.4. The molecule has 1 atom stereocenters. The monoisotopic (exact) mass is 454 g/mol. The maximum Gasteiger partial charge on any atom is 0.205 e. The number of nitrogens with zero attached hydrogens (tertiary/aromatic N) is 1. The highest BCUT2D eigenvalue weighted by Crippen LogP contribution is 2.47. The summed E-state index contributed by atoms with van der Waals surface area (Å²) in [5.41, 5.74) is 7.76. The van der Waals surface area contributed by atoms with Crippen molar-refractivity contribution in [3.8, 4) is 17.6 Å². The van der Waals surface area contributed by atoms with E-state index in [1.807, 2.05) is 0 Å². The van der Waals surface area contributed by atoms with E-state index >= 15 is 0 Å². The average molecular weight is 455 g/mol. The number of benzene rings is 2. The SMILES string of the molecule is COc1cc([C@@H]2C(C#N)=C(N)OC3=C2C(=O)CCC3)cc(Cl)c1OCc1cccc(F)c1. The molecule has 0 unspecified atom stereocenters. The van der Waals surface area contributed by atoms with Crippen LogP contribution in [0.5, 0.6) is 11.5 Å². The zero-order valence-electron chi connectivity index (χ0n) is 17.3. The summed E-state index contributed by atoms with van der Waals surface area (Å²) in [5.74, 6) is -0.103. The standard InChI is InChI=1S/C24H20ClFN2O4/c1-30-20-10-14(9-17(25)23(20)31-12-13-4-2-5-15(26)8-13)21-16(11-27)24(28)32-19-7-3-6-18(29)22(19)21/h2,4-5,8-10,21H,3,6-7,12,28H2,1H3/t21-/m1/s1. The number of methoxy groups -OCH3 is 1. The number of allylic oxidation sites excluding steroid dienone is 3. The minimum atomic E-state index is -0.708. The van der Waals surface area contributed by atoms with Crippen LogP contribution in [0.25, 0.3) is 0 Å². The fraction of sp³-hybridized carbons (Fsp3) is 0.250. The highest BCUT2D eigenvalue weighted by molar-refractivity contribution is 6.32. The second-order valence-corrected chi connectivity index (χ2v) is 7.90. The van der Waals surface area contributed by atoms with Gasteiger partial charge in [-0.1, -0.05) is 23.7 Å². The first kappa shape index (κ1) is 21.7. The zero-order valence-corrected chi connectivity index (χ0v) is 18.0. The van der Waals surface area contributed by atoms with Crippen LogP contribution >= 0.6 is 11.6 Å². The van der Waals surface area contributed by atoms with Crippen molar-refractivity contribution in [2.75, 3.05) is 7.11 Å². The van der Waals surface area contributed by atoms with Crippen molar-refractivity contribution in [2.24, 2.45) is 5.73 Å². The Bertz CT molecular complexity index is 1200. The zero-order chi connectivity index (χ0) is 22.8. The number of carbonyl (C=O) groups is 1. The molecule has 6 nitrogen and oxygen atoms in total. The topological polar surface area (TPSA) is 94.6 Å². The molecule has 0 bridgehead atoms. The molecule has 2 aromatic carbocycles. The number of nitriles is 1. The van der Waals surface area contributed by atoms with Crippen LogP contribution in [0.2, 0.25) is 5.02 Å². The Balaban J connectivity index is 1.74. The summed E-state index contributed by atoms with van der Waals surface area (Å²) in [6.45, 7) is 0.0779. The molecule has 32 heavy (non-hydrogen) atoms. The van der Waals surface area contributed by atoms with E-state index in [9.17, 15) is 14.4 Å². The van der Waals surface area contributed by atoms with Crippen LogP contribution < -0.4 is 15.2 Å². The highest BCUT2D eigenvalue weighted by atomic mass is 35.5. The summed E-state index contributed by atoms with van der Waals surface area (Å²) in [6, 6.07) is 11.4. The molecule has 164 valence electrons. The third-order valence-corrected chi connectivity index (χ3v) is 5.74. The molecule has 0 amide bonds. The van der Waals surface area contributed by atoms with Crippen LogP contribution in [-0.2, 0) is 16.1 Å². The fourth-order valence-electron chi connectivity index (χ4n) is 4.02. The van der Waals surface area contributed by atoms with Crippen LogP contribution in [0.1, 0.15) is 36.3 Å². The lowest BCUT2D eigenvalue weighted by Crippen LogP contribution is -2.27. The normalized spacial score (nSPS) is 18.1. The predicted octanol–water partition coefficient (Wildman–Crippen LogP) is 4.88. The van der Waals surface area contributed by atoms with Crippen molar-refractivity contribution < 1.29 is 23.4 Å². The second kappa shape index (κ2) is 8.93. The van der Waals surface area contributed by atoms with Gasteiger partial charge in [-0.25, -0.2) is 4.39 Å². The summed E-state index contributed by atoms with van der Waals surface area (Å²) in [6.07, 6.45) is 1.60. The number of ether oxygens (including phenoxy) is 3. The summed E-state index contributed by atoms with van der Waals surface area (Å²) in [7, 11) is 1.46. The molecule has 8 heteroatoms. The van der Waals surface area contributed by atoms with Gasteiger partial charge in [0.05, 0.1) is 18.1 Å². The van der Waals surface area contributed by atoms with Gasteiger partial charge in [-0.15, -0.1) is 0 Å². The molecular weight excluding hydrogens is 435 g/mol. The summed E-state index contributed by atoms with van der Waals surface area (Å²) in [4.78, 5) is 12.7. The number of hydrogen-bond acceptors (Lipinski definition) is 6. The van der Waals surface area contributed by atoms with Gasteiger partial charge < -0.3 is 19.9 Å². The van der Waals surface area contributed by atoms with Gasteiger partial charge in [0, 0.05) is 18.4 Å². The van der Waals surface area contributed by atoms with Crippen molar-refractivity contribution in [2.45, 2.75) is 31.8 Å². The molecule has 0 fully saturated rings. The number of carbonyl (C=O) groups excluding carboxylic acids is 1. The minimum absolute atomic E-state index is 0.0209. The quantitative estimate of drug-likeness (QED) is 0.691. The Morgan fingerprint density at radius 2 is 2.12 bits per heavy atom. The van der Waals surface area contributed by atoms with Crippen LogP contribution in [-0.4, -0.2) is 12.9 Å². The van der Waals surface area contributed by atoms with E-state index in [0.717, 1.165) is 0 Å². The van der Waals surface area contributed by atoms with E-state index in [1.165, 1.54) is 19.2 Å². The fourth-order valence-corrected chi connectivity index (χ4v) is 4.29. The lowest BCUT2D eigenvalue weighted by Gasteiger charge is -2.31. The molecule has 0 spiro atoms. The molecule has 0 aromatic heterocycles. The Hall–Kier alpha value is -3.50. The number of ketones is 1. The van der Waals surface area contributed by atoms with Gasteiger partial charge >= 0.3 is 0 Å². The number of rotatable bonds is 5. The second-order valence-electron chi connectivity index (χ2n) is 7.49. The third-order valence-electron chi connectivity index (χ3n) is 5.46. The molecule has 2 N–H and O–H groups in total. The lowest BCUT2D eigenvalue weighted by atomic mass is 9.77. The van der Waals surface area contributed by atoms with Crippen molar-refractivity contribution in [1.82, 2.24) is 0 Å². The van der Waals surface area contributed by atoms with Crippen LogP contribution in [0, 0.1) is 17.1 Å². The van der Waals surface area contributed by atoms with E-state index < -0.39 is 5.92 Å². The molecule has 1 aliphatic heterocycles. The first-order valence-electron chi connectivity index (χ1n) is 10.0. The molecule has 2 aromatic rings. The van der Waals surface area contributed by atoms with Crippen molar-refractivity contribution >= 4 is 17.4 Å². The van der Waals surface area contributed by atoms with E-state index in [0.29, 0.717) is 47.5 Å². The number of halogens is 2. The Labute approximate surface area is 189 Å². The van der Waals surface area contributed by atoms with Crippen LogP contribution in [0.3, 0.4) is 0 Å². The molecular formula is C24H20ClFN2O4. The molecule has 0 saturated carbocycles. The first-order chi connectivity index (χ1) is 15.4. The predicted molar refractivity (Wildman–Crippen MR) is 115 cm³/mol. The van der Waals surface area contributed by atoms with E-state index in [4.69, 9.17) is 31.5 Å². The Morgan fingerprint density at radius 1 is 1.31 bits per heavy atom. The van der Waals surface area contributed by atoms with Crippen molar-refractivity contribution in [3.05, 3.63) is 81.2 Å². The van der Waals surface area contributed by atoms with Gasteiger partial charge in [0.1, 0.15) is 29.8 Å². The minimum Gasteiger partial charge on any atom is -0.493 e. The van der Waals surface area contributed by atoms with E-state index in [-0.39, 0.29) is 40.4 Å². The smallest absolute Gasteiger partial charge is 0.205 e. The van der Waals surface area contributed by atoms with E-state index in [1.54, 1.807) is 24.3 Å². The summed E-state index contributed by atoms with van der Waals surface area (Å²) < 4.78 is 30.4. The molecule has 0 radical (unpaired) electrons. The summed E-state index contributed by atoms with van der Waals surface area (Å²) in [5, 5.41) is 9.96. The maximum absolute atomic E-state index is 13.5. The van der Waals surface area contributed by atoms with Gasteiger partial charge in [-0.05, 0) is 41.8 Å². The number of Topliss-reactive ketones (excluding diaryl/α,β-unsaturated/α-hetero) is 1. The Morgan fingerprint density at radius 3 is 2.84 bits per heavy atom. The maximum atomic E-state index is 13.5.